The largest absolute Gasteiger partial charge is 0.481 e. The van der Waals surface area contributed by atoms with Gasteiger partial charge in [-0.05, 0) is 37.7 Å². The zero-order chi connectivity index (χ0) is 53.5. The SMILES string of the molecule is NC(N)=NCCC[C@@H]1NC(=O)[C@H](CCCCNC(=O)CCP(=O)(O)CN2CCN(CP(=O)(O)CO)CCN(CP(=O)(O)CO)CC2)NC(=O)[C@@H](Cc2ccccc2)NC(=O)[C@H](CC(=O)O)NC(=O)CNC1=O. The number of carbonyl (C=O) groups excluding carboxylic acids is 6. The Labute approximate surface area is 416 Å². The normalized spacial score (nSPS) is 23.2. The van der Waals surface area contributed by atoms with Crippen molar-refractivity contribution < 1.29 is 77.3 Å². The molecule has 0 aromatic heterocycles. The van der Waals surface area contributed by atoms with Gasteiger partial charge in [-0.2, -0.15) is 0 Å². The summed E-state index contributed by atoms with van der Waals surface area (Å²) >= 11 is 0. The van der Waals surface area contributed by atoms with Crippen LogP contribution in [0, 0.1) is 0 Å². The van der Waals surface area contributed by atoms with Gasteiger partial charge in [0.15, 0.2) is 5.96 Å². The van der Waals surface area contributed by atoms with E-state index in [-0.39, 0.29) is 110 Å². The summed E-state index contributed by atoms with van der Waals surface area (Å²) in [5, 5.41) is 43.3. The second kappa shape index (κ2) is 30.4. The number of unbranched alkanes of at least 4 members (excludes halogenated alkanes) is 1. The molecule has 0 aliphatic carbocycles. The van der Waals surface area contributed by atoms with Crippen LogP contribution in [0.5, 0.6) is 0 Å². The number of nitrogens with zero attached hydrogens (tertiary/aromatic N) is 4. The maximum absolute atomic E-state index is 14.0. The second-order valence-electron chi connectivity index (χ2n) is 17.7. The smallest absolute Gasteiger partial charge is 0.305 e. The third-order valence-corrected chi connectivity index (χ3v) is 15.7. The number of rotatable bonds is 24. The van der Waals surface area contributed by atoms with Gasteiger partial charge in [0.05, 0.1) is 31.8 Å². The number of benzene rings is 1. The zero-order valence-electron chi connectivity index (χ0n) is 40.0. The van der Waals surface area contributed by atoms with Gasteiger partial charge in [-0.25, -0.2) is 0 Å². The van der Waals surface area contributed by atoms with E-state index in [0.717, 1.165) is 0 Å². The average molecular weight is 1080 g/mol. The third-order valence-electron chi connectivity index (χ3n) is 11.4. The molecule has 3 rings (SSSR count). The first-order valence-electron chi connectivity index (χ1n) is 23.3. The summed E-state index contributed by atoms with van der Waals surface area (Å²) in [6, 6.07) is 2.78. The maximum atomic E-state index is 14.0. The van der Waals surface area contributed by atoms with Crippen LogP contribution in [0.2, 0.25) is 0 Å². The Kier molecular flexibility index (Phi) is 25.9. The van der Waals surface area contributed by atoms with Crippen LogP contribution in [0.3, 0.4) is 0 Å². The molecule has 7 atom stereocenters. The van der Waals surface area contributed by atoms with Crippen LogP contribution in [-0.2, 0) is 53.7 Å². The molecule has 2 fully saturated rings. The Morgan fingerprint density at radius 2 is 1.15 bits per heavy atom. The molecule has 406 valence electrons. The van der Waals surface area contributed by atoms with Gasteiger partial charge in [-0.1, -0.05) is 30.3 Å². The molecular formula is C41H71N12O16P3. The molecule has 72 heavy (non-hydrogen) atoms. The van der Waals surface area contributed by atoms with Crippen molar-refractivity contribution in [1.82, 2.24) is 46.6 Å². The summed E-state index contributed by atoms with van der Waals surface area (Å²) in [6.07, 6.45) is -4.35. The fourth-order valence-electron chi connectivity index (χ4n) is 7.61. The van der Waals surface area contributed by atoms with Gasteiger partial charge in [0.1, 0.15) is 36.9 Å². The molecule has 0 radical (unpaired) electrons. The standard InChI is InChI=1S/C41H71N12O16P3/c42-41(43)45-13-6-10-30-37(60)46-23-35(57)47-33(22-36(58)59)40(63)50-32(21-29-7-2-1-3-8-29)39(62)49-31(38(61)48-30)9-4-5-12-44-34(56)11-20-70(64,65)24-51-14-16-52(25-71(66,67)27-54)18-19-53(17-15-51)26-72(68,69)28-55/h1-3,7-8,30-33,54-55H,4-6,9-28H2,(H,44,56)(H,46,60)(H,47,57)(H,48,61)(H,49,62)(H,50,63)(H,58,59)(H,64,65)(H,66,67)(H,68,69)(H4,42,43,45)/t30-,31-,32+,33-/m0/s1. The first kappa shape index (κ1) is 61.4. The Bertz CT molecular complexity index is 2140. The fourth-order valence-corrected chi connectivity index (χ4v) is 11.2. The number of carboxylic acids is 1. The van der Waals surface area contributed by atoms with Crippen LogP contribution in [0.1, 0.15) is 50.5 Å². The molecule has 2 aliphatic rings. The Morgan fingerprint density at radius 1 is 0.667 bits per heavy atom. The Morgan fingerprint density at radius 3 is 1.68 bits per heavy atom. The molecule has 28 nitrogen and oxygen atoms in total. The average Bonchev–Trinajstić information content (AvgIpc) is 3.39. The quantitative estimate of drug-likeness (QED) is 0.0203. The lowest BCUT2D eigenvalue weighted by molar-refractivity contribution is -0.141. The van der Waals surface area contributed by atoms with Gasteiger partial charge in [0.25, 0.3) is 0 Å². The lowest BCUT2D eigenvalue weighted by atomic mass is 10.0. The number of hydrogen-bond donors (Lipinski definition) is 14. The van der Waals surface area contributed by atoms with Crippen molar-refractivity contribution in [3.05, 3.63) is 35.9 Å². The topological polar surface area (TPSA) is 438 Å². The highest BCUT2D eigenvalue weighted by atomic mass is 31.2. The molecule has 3 unspecified atom stereocenters. The lowest BCUT2D eigenvalue weighted by Crippen LogP contribution is -2.58. The van der Waals surface area contributed by atoms with Gasteiger partial charge in [-0.15, -0.1) is 0 Å². The molecule has 31 heteroatoms. The molecule has 2 saturated heterocycles. The van der Waals surface area contributed by atoms with E-state index < -0.39 is 132 Å². The number of nitrogens with one attached hydrogen (secondary N) is 6. The number of aliphatic carboxylic acids is 1. The number of hydrogen-bond acceptors (Lipinski definition) is 16. The number of carbonyl (C=O) groups is 7. The van der Waals surface area contributed by atoms with E-state index in [1.165, 1.54) is 0 Å². The predicted molar refractivity (Wildman–Crippen MR) is 262 cm³/mol. The number of aliphatic imine (C=N–C) groups is 1. The molecule has 1 aromatic carbocycles. The van der Waals surface area contributed by atoms with E-state index in [9.17, 15) is 77.3 Å². The van der Waals surface area contributed by atoms with E-state index in [4.69, 9.17) is 11.5 Å². The molecule has 0 spiro atoms. The number of carboxylic acid groups (broad SMARTS) is 1. The predicted octanol–water partition coefficient (Wildman–Crippen LogP) is -3.99. The van der Waals surface area contributed by atoms with E-state index in [1.54, 1.807) is 45.0 Å². The number of aliphatic hydroxyl groups is 2. The van der Waals surface area contributed by atoms with Crippen molar-refractivity contribution in [2.24, 2.45) is 16.5 Å². The molecule has 1 aromatic rings. The van der Waals surface area contributed by atoms with Crippen LogP contribution >= 0.6 is 22.1 Å². The number of amides is 6. The zero-order valence-corrected chi connectivity index (χ0v) is 42.7. The first-order chi connectivity index (χ1) is 33.9. The summed E-state index contributed by atoms with van der Waals surface area (Å²) in [5.41, 5.74) is 11.4. The molecular weight excluding hydrogens is 1010 g/mol. The van der Waals surface area contributed by atoms with Crippen molar-refractivity contribution in [2.75, 3.05) is 96.6 Å². The van der Waals surface area contributed by atoms with Gasteiger partial charge in [0, 0.05) is 71.4 Å². The van der Waals surface area contributed by atoms with Crippen LogP contribution in [0.25, 0.3) is 0 Å². The fraction of sp³-hybridized carbons (Fsp3) is 0.659. The maximum Gasteiger partial charge on any atom is 0.305 e. The highest BCUT2D eigenvalue weighted by molar-refractivity contribution is 7.58. The van der Waals surface area contributed by atoms with Gasteiger partial charge >= 0.3 is 5.97 Å². The van der Waals surface area contributed by atoms with Gasteiger partial charge in [-0.3, -0.25) is 66.9 Å². The summed E-state index contributed by atoms with van der Waals surface area (Å²) in [7, 11) is -11.9. The number of nitrogens with two attached hydrogens (primary N) is 2. The van der Waals surface area contributed by atoms with E-state index in [1.807, 2.05) is 0 Å². The molecule has 0 saturated carbocycles. The van der Waals surface area contributed by atoms with Crippen LogP contribution < -0.4 is 43.4 Å². The minimum absolute atomic E-state index is 0.0304. The van der Waals surface area contributed by atoms with Crippen LogP contribution in [0.15, 0.2) is 35.3 Å². The van der Waals surface area contributed by atoms with E-state index >= 15 is 0 Å². The third kappa shape index (κ3) is 24.2. The summed E-state index contributed by atoms with van der Waals surface area (Å²) < 4.78 is 38.1. The second-order valence-corrected chi connectivity index (χ2v) is 24.6. The minimum atomic E-state index is -4.03. The highest BCUT2D eigenvalue weighted by Crippen LogP contribution is 2.43. The molecule has 6 amide bonds. The van der Waals surface area contributed by atoms with Crippen molar-refractivity contribution in [3.8, 4) is 0 Å². The van der Waals surface area contributed by atoms with Crippen LogP contribution in [-0.4, -0.2) is 213 Å². The van der Waals surface area contributed by atoms with Gasteiger partial charge < -0.3 is 73.4 Å². The van der Waals surface area contributed by atoms with Crippen LogP contribution in [0.4, 0.5) is 0 Å². The Hall–Kier alpha value is -4.85. The summed E-state index contributed by atoms with van der Waals surface area (Å²) in [5.74, 6) is -6.66. The van der Waals surface area contributed by atoms with Gasteiger partial charge in [0.2, 0.25) is 57.5 Å². The molecule has 16 N–H and O–H groups in total. The lowest BCUT2D eigenvalue weighted by Gasteiger charge is -2.28. The summed E-state index contributed by atoms with van der Waals surface area (Å²) in [6.45, 7) is 0.330. The summed E-state index contributed by atoms with van der Waals surface area (Å²) in [4.78, 5) is 132. The first-order valence-corrected chi connectivity index (χ1v) is 29.4. The highest BCUT2D eigenvalue weighted by Gasteiger charge is 2.34. The van der Waals surface area contributed by atoms with E-state index in [2.05, 4.69) is 36.9 Å². The molecule has 2 heterocycles. The molecule has 2 aliphatic heterocycles. The monoisotopic (exact) mass is 1080 g/mol. The van der Waals surface area contributed by atoms with Crippen molar-refractivity contribution in [3.63, 3.8) is 0 Å². The number of guanidine groups is 1. The number of aliphatic hydroxyl groups excluding tert-OH is 2. The molecule has 0 bridgehead atoms. The Balaban J connectivity index is 1.72. The van der Waals surface area contributed by atoms with Crippen molar-refractivity contribution >= 4 is 69.5 Å². The van der Waals surface area contributed by atoms with Crippen molar-refractivity contribution in [1.29, 1.82) is 0 Å². The van der Waals surface area contributed by atoms with Crippen molar-refractivity contribution in [2.45, 2.75) is 75.5 Å². The van der Waals surface area contributed by atoms with E-state index in [0.29, 0.717) is 5.56 Å². The minimum Gasteiger partial charge on any atom is -0.481 e.